The Labute approximate surface area is 349 Å². The molecule has 0 radical (unpaired) electrons. The summed E-state index contributed by atoms with van der Waals surface area (Å²) in [7, 11) is 0. The van der Waals surface area contributed by atoms with Gasteiger partial charge < -0.3 is 4.90 Å². The average Bonchev–Trinajstić information content (AvgIpc) is 3.73. The highest BCUT2D eigenvalue weighted by atomic mass is 15.1. The first-order chi connectivity index (χ1) is 29.2. The van der Waals surface area contributed by atoms with Gasteiger partial charge in [-0.1, -0.05) is 147 Å². The molecule has 2 spiro atoms. The first kappa shape index (κ1) is 34.2. The first-order valence-electron chi connectivity index (χ1n) is 22.7. The standard InChI is InChI=1S/C58H51N/c1-3-11-40(12-4-1)41-17-19-42(20-18-41)43-21-23-46(24-22-43)59(47-25-27-54-51(36-47)49-13-5-7-15-53(49)57(54)29-9-2-10-30-57)48-26-28-56-52(37-48)50-14-6-8-16-55(50)58(56)44-32-38-31-39(34-44)35-45(58)33-38/h1,3-8,11-28,36-39,44-45H,2,9-10,29-35H2. The molecule has 59 heavy (non-hydrogen) atoms. The van der Waals surface area contributed by atoms with Crippen LogP contribution in [0.5, 0.6) is 0 Å². The number of benzene rings is 7. The van der Waals surface area contributed by atoms with Crippen molar-refractivity contribution in [3.63, 3.8) is 0 Å². The fraction of sp³-hybridized carbons (Fsp3) is 0.276. The largest absolute Gasteiger partial charge is 0.310 e. The van der Waals surface area contributed by atoms with Gasteiger partial charge in [0.15, 0.2) is 0 Å². The second-order valence-corrected chi connectivity index (χ2v) is 19.2. The third kappa shape index (κ3) is 4.91. The molecule has 7 aliphatic rings. The van der Waals surface area contributed by atoms with Gasteiger partial charge in [-0.2, -0.15) is 0 Å². The van der Waals surface area contributed by atoms with Crippen molar-refractivity contribution in [3.8, 4) is 44.5 Å². The van der Waals surface area contributed by atoms with Gasteiger partial charge in [-0.15, -0.1) is 0 Å². The van der Waals surface area contributed by atoms with E-state index in [0.717, 1.165) is 23.7 Å². The molecule has 7 aromatic carbocycles. The van der Waals surface area contributed by atoms with Gasteiger partial charge in [0.1, 0.15) is 0 Å². The summed E-state index contributed by atoms with van der Waals surface area (Å²) in [4.78, 5) is 2.56. The maximum absolute atomic E-state index is 2.59. The van der Waals surface area contributed by atoms with Crippen molar-refractivity contribution in [1.29, 1.82) is 0 Å². The zero-order valence-corrected chi connectivity index (χ0v) is 33.9. The van der Waals surface area contributed by atoms with E-state index >= 15 is 0 Å². The van der Waals surface area contributed by atoms with Gasteiger partial charge in [-0.3, -0.25) is 0 Å². The lowest BCUT2D eigenvalue weighted by molar-refractivity contribution is -0.0399. The second kappa shape index (κ2) is 12.9. The number of nitrogens with zero attached hydrogens (tertiary/aromatic N) is 1. The fourth-order valence-corrected chi connectivity index (χ4v) is 14.3. The molecule has 7 aliphatic carbocycles. The van der Waals surface area contributed by atoms with E-state index in [9.17, 15) is 0 Å². The van der Waals surface area contributed by atoms with Crippen molar-refractivity contribution in [2.45, 2.75) is 75.0 Å². The van der Waals surface area contributed by atoms with Crippen molar-refractivity contribution in [2.24, 2.45) is 23.7 Å². The van der Waals surface area contributed by atoms with E-state index in [-0.39, 0.29) is 10.8 Å². The van der Waals surface area contributed by atoms with Crippen molar-refractivity contribution in [3.05, 3.63) is 186 Å². The molecule has 0 N–H and O–H groups in total. The summed E-state index contributed by atoms with van der Waals surface area (Å²) < 4.78 is 0. The van der Waals surface area contributed by atoms with Crippen molar-refractivity contribution in [2.75, 3.05) is 4.90 Å². The lowest BCUT2D eigenvalue weighted by Gasteiger charge is -2.61. The number of fused-ring (bicyclic) bond motifs is 8. The van der Waals surface area contributed by atoms with Crippen LogP contribution in [0.15, 0.2) is 164 Å². The van der Waals surface area contributed by atoms with E-state index in [2.05, 4.69) is 169 Å². The zero-order valence-electron chi connectivity index (χ0n) is 33.9. The van der Waals surface area contributed by atoms with Crippen LogP contribution in [-0.4, -0.2) is 0 Å². The van der Waals surface area contributed by atoms with Crippen LogP contribution < -0.4 is 4.90 Å². The number of anilines is 3. The summed E-state index contributed by atoms with van der Waals surface area (Å²) >= 11 is 0. The predicted molar refractivity (Wildman–Crippen MR) is 245 cm³/mol. The Morgan fingerprint density at radius 1 is 0.356 bits per heavy atom. The minimum absolute atomic E-state index is 0.148. The highest BCUT2D eigenvalue weighted by molar-refractivity contribution is 5.90. The molecule has 14 rings (SSSR count). The Bertz CT molecular complexity index is 2720. The van der Waals surface area contributed by atoms with Crippen LogP contribution in [0.3, 0.4) is 0 Å². The number of hydrogen-bond acceptors (Lipinski definition) is 1. The van der Waals surface area contributed by atoms with Gasteiger partial charge in [-0.05, 0) is 172 Å². The Balaban J connectivity index is 0.951. The molecule has 288 valence electrons. The lowest BCUT2D eigenvalue weighted by Crippen LogP contribution is -2.55. The number of rotatable bonds is 5. The monoisotopic (exact) mass is 761 g/mol. The predicted octanol–water partition coefficient (Wildman–Crippen LogP) is 15.4. The molecule has 4 bridgehead atoms. The van der Waals surface area contributed by atoms with E-state index in [1.54, 1.807) is 22.3 Å². The molecule has 0 unspecified atom stereocenters. The molecule has 1 heteroatoms. The Hall–Kier alpha value is -5.66. The maximum Gasteiger partial charge on any atom is 0.0468 e. The smallest absolute Gasteiger partial charge is 0.0468 e. The Morgan fingerprint density at radius 2 is 0.797 bits per heavy atom. The molecule has 0 heterocycles. The third-order valence-corrected chi connectivity index (χ3v) is 16.5. The molecule has 0 amide bonds. The van der Waals surface area contributed by atoms with Gasteiger partial charge in [-0.25, -0.2) is 0 Å². The summed E-state index contributed by atoms with van der Waals surface area (Å²) in [5.74, 6) is 3.41. The van der Waals surface area contributed by atoms with Gasteiger partial charge in [0, 0.05) is 27.9 Å². The summed E-state index contributed by atoms with van der Waals surface area (Å²) in [5, 5.41) is 0. The minimum atomic E-state index is 0.148. The van der Waals surface area contributed by atoms with Crippen molar-refractivity contribution in [1.82, 2.24) is 0 Å². The molecule has 5 fully saturated rings. The molecule has 0 aliphatic heterocycles. The molecule has 5 saturated carbocycles. The van der Waals surface area contributed by atoms with Crippen LogP contribution in [-0.2, 0) is 10.8 Å². The first-order valence-corrected chi connectivity index (χ1v) is 22.7. The van der Waals surface area contributed by atoms with Crippen molar-refractivity contribution < 1.29 is 0 Å². The minimum Gasteiger partial charge on any atom is -0.310 e. The normalized spacial score (nSPS) is 24.8. The third-order valence-electron chi connectivity index (χ3n) is 16.5. The van der Waals surface area contributed by atoms with E-state index in [4.69, 9.17) is 0 Å². The summed E-state index contributed by atoms with van der Waals surface area (Å²) in [6.07, 6.45) is 13.6. The summed E-state index contributed by atoms with van der Waals surface area (Å²) in [6, 6.07) is 63.1. The van der Waals surface area contributed by atoms with E-state index in [0.29, 0.717) is 0 Å². The van der Waals surface area contributed by atoms with Crippen LogP contribution in [0, 0.1) is 23.7 Å². The summed E-state index contributed by atoms with van der Waals surface area (Å²) in [5.41, 5.74) is 21.1. The highest BCUT2D eigenvalue weighted by Gasteiger charge is 2.61. The zero-order chi connectivity index (χ0) is 38.7. The second-order valence-electron chi connectivity index (χ2n) is 19.2. The molecule has 0 aromatic heterocycles. The van der Waals surface area contributed by atoms with Crippen LogP contribution in [0.2, 0.25) is 0 Å². The molecule has 0 atom stereocenters. The molecule has 7 aromatic rings. The van der Waals surface area contributed by atoms with E-state index in [1.807, 2.05) is 0 Å². The van der Waals surface area contributed by atoms with Crippen LogP contribution in [0.25, 0.3) is 44.5 Å². The molecular formula is C58H51N. The summed E-state index contributed by atoms with van der Waals surface area (Å²) in [6.45, 7) is 0. The van der Waals surface area contributed by atoms with Crippen LogP contribution >= 0.6 is 0 Å². The molecule has 0 saturated heterocycles. The number of hydrogen-bond donors (Lipinski definition) is 0. The Morgan fingerprint density at radius 3 is 1.42 bits per heavy atom. The van der Waals surface area contributed by atoms with Gasteiger partial charge >= 0.3 is 0 Å². The van der Waals surface area contributed by atoms with Crippen LogP contribution in [0.1, 0.15) is 86.5 Å². The SMILES string of the molecule is c1ccc(-c2ccc(-c3ccc(N(c4ccc5c(c4)-c4ccccc4C54CCCCC4)c4ccc5c(c4)-c4ccccc4C54C5CC6CC(C5)CC4C6)cc3)cc2)cc1. The van der Waals surface area contributed by atoms with E-state index < -0.39 is 0 Å². The van der Waals surface area contributed by atoms with Crippen molar-refractivity contribution >= 4 is 17.1 Å². The lowest BCUT2D eigenvalue weighted by atomic mass is 9.43. The average molecular weight is 762 g/mol. The van der Waals surface area contributed by atoms with E-state index in [1.165, 1.54) is 126 Å². The Kier molecular flexibility index (Phi) is 7.49. The quantitative estimate of drug-likeness (QED) is 0.169. The highest BCUT2D eigenvalue weighted by Crippen LogP contribution is 2.69. The topological polar surface area (TPSA) is 3.24 Å². The maximum atomic E-state index is 2.59. The van der Waals surface area contributed by atoms with Gasteiger partial charge in [0.25, 0.3) is 0 Å². The van der Waals surface area contributed by atoms with Gasteiger partial charge in [0.05, 0.1) is 0 Å². The van der Waals surface area contributed by atoms with Crippen LogP contribution in [0.4, 0.5) is 17.1 Å². The molecular weight excluding hydrogens is 711 g/mol. The van der Waals surface area contributed by atoms with Gasteiger partial charge in [0.2, 0.25) is 0 Å². The molecule has 1 nitrogen and oxygen atoms in total. The fourth-order valence-electron chi connectivity index (χ4n) is 14.3.